The minimum absolute atomic E-state index is 0.137. The third kappa shape index (κ3) is 4.35. The number of nitrogens with one attached hydrogen (secondary N) is 2. The molecular formula is C24H25N5O2. The number of carbonyl (C=O) groups excluding carboxylic acids is 1. The first kappa shape index (κ1) is 20.4. The fourth-order valence-corrected chi connectivity index (χ4v) is 3.82. The van der Waals surface area contributed by atoms with Gasteiger partial charge in [-0.05, 0) is 31.5 Å². The second kappa shape index (κ2) is 8.47. The molecule has 0 aliphatic heterocycles. The molecule has 4 rings (SSSR count). The summed E-state index contributed by atoms with van der Waals surface area (Å²) in [7, 11) is 2.01. The van der Waals surface area contributed by atoms with Crippen molar-refractivity contribution >= 4 is 22.9 Å². The van der Waals surface area contributed by atoms with Crippen LogP contribution >= 0.6 is 0 Å². The molecule has 0 fully saturated rings. The lowest BCUT2D eigenvalue weighted by Crippen LogP contribution is -2.22. The van der Waals surface area contributed by atoms with Crippen LogP contribution in [0.4, 0.5) is 11.4 Å². The number of aromatic amines is 1. The summed E-state index contributed by atoms with van der Waals surface area (Å²) in [6.07, 6.45) is 0.164. The van der Waals surface area contributed by atoms with E-state index in [2.05, 4.69) is 32.4 Å². The van der Waals surface area contributed by atoms with E-state index in [1.54, 1.807) is 4.52 Å². The molecule has 4 aromatic rings. The molecule has 31 heavy (non-hydrogen) atoms. The van der Waals surface area contributed by atoms with E-state index >= 15 is 0 Å². The van der Waals surface area contributed by atoms with Gasteiger partial charge < -0.3 is 10.2 Å². The average molecular weight is 415 g/mol. The molecule has 2 aromatic carbocycles. The molecule has 0 bridgehead atoms. The molecule has 0 saturated carbocycles. The summed E-state index contributed by atoms with van der Waals surface area (Å²) in [6, 6.07) is 19.4. The number of carbonyl (C=O) groups is 1. The molecule has 7 heteroatoms. The number of amides is 1. The molecular weight excluding hydrogens is 390 g/mol. The zero-order valence-corrected chi connectivity index (χ0v) is 17.8. The van der Waals surface area contributed by atoms with Crippen LogP contribution in [0.5, 0.6) is 0 Å². The van der Waals surface area contributed by atoms with E-state index in [1.807, 2.05) is 63.4 Å². The lowest BCUT2D eigenvalue weighted by Gasteiger charge is -2.23. The highest BCUT2D eigenvalue weighted by Gasteiger charge is 2.16. The topological polar surface area (TPSA) is 82.5 Å². The summed E-state index contributed by atoms with van der Waals surface area (Å²) in [6.45, 7) is 4.46. The normalized spacial score (nSPS) is 10.9. The molecule has 1 amide bonds. The van der Waals surface area contributed by atoms with Crippen molar-refractivity contribution in [3.8, 4) is 0 Å². The smallest absolute Gasteiger partial charge is 0.266 e. The lowest BCUT2D eigenvalue weighted by atomic mass is 10.1. The minimum Gasteiger partial charge on any atom is -0.369 e. The number of benzene rings is 2. The predicted octanol–water partition coefficient (Wildman–Crippen LogP) is 3.46. The zero-order valence-electron chi connectivity index (χ0n) is 17.8. The molecule has 0 atom stereocenters. The van der Waals surface area contributed by atoms with E-state index < -0.39 is 0 Å². The summed E-state index contributed by atoms with van der Waals surface area (Å²) < 4.78 is 1.62. The third-order valence-electron chi connectivity index (χ3n) is 5.39. The van der Waals surface area contributed by atoms with Gasteiger partial charge in [0, 0.05) is 36.6 Å². The fourth-order valence-electron chi connectivity index (χ4n) is 3.82. The maximum Gasteiger partial charge on any atom is 0.266 e. The first-order valence-electron chi connectivity index (χ1n) is 10.1. The molecule has 0 saturated heterocycles. The molecule has 2 N–H and O–H groups in total. The Hall–Kier alpha value is -3.87. The number of hydrogen-bond acceptors (Lipinski definition) is 4. The fraction of sp³-hybridized carbons (Fsp3) is 0.208. The molecule has 0 radical (unpaired) electrons. The van der Waals surface area contributed by atoms with E-state index in [1.165, 1.54) is 11.6 Å². The quantitative estimate of drug-likeness (QED) is 0.505. The number of anilines is 2. The largest absolute Gasteiger partial charge is 0.369 e. The first-order valence-corrected chi connectivity index (χ1v) is 10.1. The van der Waals surface area contributed by atoms with E-state index in [-0.39, 0.29) is 17.9 Å². The van der Waals surface area contributed by atoms with E-state index in [0.29, 0.717) is 5.65 Å². The first-order chi connectivity index (χ1) is 14.9. The van der Waals surface area contributed by atoms with Gasteiger partial charge in [0.1, 0.15) is 0 Å². The lowest BCUT2D eigenvalue weighted by molar-refractivity contribution is -0.115. The van der Waals surface area contributed by atoms with Crippen LogP contribution in [0.2, 0.25) is 0 Å². The number of aromatic nitrogens is 3. The van der Waals surface area contributed by atoms with Gasteiger partial charge in [-0.2, -0.15) is 0 Å². The molecule has 2 heterocycles. The minimum atomic E-state index is -0.216. The SMILES string of the molecule is Cc1nc2cc(=O)[nH]n2c(C)c1CC(=O)Nc1ccccc1N(C)Cc1ccccc1. The van der Waals surface area contributed by atoms with Crippen LogP contribution in [0.3, 0.4) is 0 Å². The van der Waals surface area contributed by atoms with E-state index in [4.69, 9.17) is 0 Å². The van der Waals surface area contributed by atoms with Crippen LogP contribution in [0.1, 0.15) is 22.5 Å². The van der Waals surface area contributed by atoms with E-state index in [0.717, 1.165) is 34.9 Å². The van der Waals surface area contributed by atoms with Gasteiger partial charge >= 0.3 is 0 Å². The average Bonchev–Trinajstić information content (AvgIpc) is 3.12. The van der Waals surface area contributed by atoms with Crippen LogP contribution in [-0.2, 0) is 17.8 Å². The number of rotatable bonds is 6. The van der Waals surface area contributed by atoms with Gasteiger partial charge in [0.2, 0.25) is 5.91 Å². The van der Waals surface area contributed by atoms with Gasteiger partial charge in [-0.25, -0.2) is 9.50 Å². The third-order valence-corrected chi connectivity index (χ3v) is 5.39. The van der Waals surface area contributed by atoms with Crippen molar-refractivity contribution in [2.24, 2.45) is 0 Å². The Morgan fingerprint density at radius 1 is 1.10 bits per heavy atom. The van der Waals surface area contributed by atoms with Crippen molar-refractivity contribution in [2.45, 2.75) is 26.8 Å². The molecule has 0 aliphatic rings. The van der Waals surface area contributed by atoms with Crippen LogP contribution in [0.25, 0.3) is 5.65 Å². The summed E-state index contributed by atoms with van der Waals surface area (Å²) >= 11 is 0. The summed E-state index contributed by atoms with van der Waals surface area (Å²) in [5, 5.41) is 5.77. The van der Waals surface area contributed by atoms with Crippen LogP contribution in [0.15, 0.2) is 65.5 Å². The maximum atomic E-state index is 12.9. The number of fused-ring (bicyclic) bond motifs is 1. The van der Waals surface area contributed by atoms with Crippen molar-refractivity contribution in [2.75, 3.05) is 17.3 Å². The van der Waals surface area contributed by atoms with Crippen molar-refractivity contribution in [1.29, 1.82) is 0 Å². The molecule has 0 spiro atoms. The van der Waals surface area contributed by atoms with Crippen LogP contribution in [-0.4, -0.2) is 27.6 Å². The monoisotopic (exact) mass is 415 g/mol. The Labute approximate surface area is 180 Å². The zero-order chi connectivity index (χ0) is 22.0. The Morgan fingerprint density at radius 3 is 2.58 bits per heavy atom. The van der Waals surface area contributed by atoms with Crippen LogP contribution in [0, 0.1) is 13.8 Å². The Bertz CT molecular complexity index is 1290. The van der Waals surface area contributed by atoms with Crippen molar-refractivity contribution in [1.82, 2.24) is 14.6 Å². The van der Waals surface area contributed by atoms with Crippen LogP contribution < -0.4 is 15.8 Å². The van der Waals surface area contributed by atoms with Gasteiger partial charge in [-0.15, -0.1) is 0 Å². The highest BCUT2D eigenvalue weighted by molar-refractivity contribution is 5.95. The second-order valence-electron chi connectivity index (χ2n) is 7.66. The summed E-state index contributed by atoms with van der Waals surface area (Å²) in [4.78, 5) is 31.1. The highest BCUT2D eigenvalue weighted by Crippen LogP contribution is 2.26. The predicted molar refractivity (Wildman–Crippen MR) is 123 cm³/mol. The number of H-pyrrole nitrogens is 1. The Kier molecular flexibility index (Phi) is 5.58. The highest BCUT2D eigenvalue weighted by atomic mass is 16.1. The molecule has 2 aromatic heterocycles. The number of aryl methyl sites for hydroxylation is 2. The van der Waals surface area contributed by atoms with Gasteiger partial charge in [0.05, 0.1) is 17.8 Å². The van der Waals surface area contributed by atoms with Crippen molar-refractivity contribution in [3.63, 3.8) is 0 Å². The van der Waals surface area contributed by atoms with Gasteiger partial charge in [-0.1, -0.05) is 42.5 Å². The number of nitrogens with zero attached hydrogens (tertiary/aromatic N) is 3. The summed E-state index contributed by atoms with van der Waals surface area (Å²) in [5.74, 6) is -0.137. The Morgan fingerprint density at radius 2 is 1.81 bits per heavy atom. The van der Waals surface area contributed by atoms with Crippen molar-refractivity contribution < 1.29 is 4.79 Å². The Balaban J connectivity index is 1.55. The van der Waals surface area contributed by atoms with Crippen molar-refractivity contribution in [3.05, 3.63) is 93.5 Å². The van der Waals surface area contributed by atoms with Gasteiger partial charge in [0.25, 0.3) is 5.56 Å². The van der Waals surface area contributed by atoms with Gasteiger partial charge in [-0.3, -0.25) is 14.7 Å². The standard InChI is InChI=1S/C24H25N5O2/c1-16-19(17(2)29-22(25-16)14-24(31)27-29)13-23(30)26-20-11-7-8-12-21(20)28(3)15-18-9-5-4-6-10-18/h4-12,14H,13,15H2,1-3H3,(H,26,30)(H,27,31). The molecule has 0 aliphatic carbocycles. The summed E-state index contributed by atoms with van der Waals surface area (Å²) in [5.41, 5.74) is 5.56. The second-order valence-corrected chi connectivity index (χ2v) is 7.66. The molecule has 7 nitrogen and oxygen atoms in total. The maximum absolute atomic E-state index is 12.9. The number of para-hydroxylation sites is 2. The number of hydrogen-bond donors (Lipinski definition) is 2. The molecule has 158 valence electrons. The van der Waals surface area contributed by atoms with Gasteiger partial charge in [0.15, 0.2) is 5.65 Å². The molecule has 0 unspecified atom stereocenters. The van der Waals surface area contributed by atoms with E-state index in [9.17, 15) is 9.59 Å².